The summed E-state index contributed by atoms with van der Waals surface area (Å²) in [5, 5.41) is 9.33. The number of rotatable bonds is 20. The Bertz CT molecular complexity index is 343. The van der Waals surface area contributed by atoms with Crippen molar-refractivity contribution in [2.45, 2.75) is 136 Å². The molecular formula is C24H49NO3. The number of nitrogens with zero attached hydrogens (tertiary/aromatic N) is 1. The maximum absolute atomic E-state index is 12.3. The molecule has 0 saturated heterocycles. The zero-order valence-electron chi connectivity index (χ0n) is 19.4. The highest BCUT2D eigenvalue weighted by molar-refractivity contribution is 5.75. The maximum atomic E-state index is 12.3. The molecule has 0 heterocycles. The van der Waals surface area contributed by atoms with E-state index in [1.165, 1.54) is 90.4 Å². The summed E-state index contributed by atoms with van der Waals surface area (Å²) in [6, 6.07) is -0.220. The van der Waals surface area contributed by atoms with Crippen LogP contribution in [-0.4, -0.2) is 41.4 Å². The van der Waals surface area contributed by atoms with Crippen LogP contribution in [0.2, 0.25) is 0 Å². The highest BCUT2D eigenvalue weighted by Crippen LogP contribution is 2.16. The molecule has 0 bridgehead atoms. The zero-order valence-corrected chi connectivity index (χ0v) is 19.4. The Hall–Kier alpha value is -0.610. The lowest BCUT2D eigenvalue weighted by atomic mass is 10.0. The molecule has 0 aromatic heterocycles. The summed E-state index contributed by atoms with van der Waals surface area (Å²) in [6.45, 7) is 9.55. The molecule has 0 radical (unpaired) electrons. The van der Waals surface area contributed by atoms with Gasteiger partial charge in [0.1, 0.15) is 6.04 Å². The lowest BCUT2D eigenvalue weighted by Crippen LogP contribution is -2.43. The molecule has 0 amide bonds. The fourth-order valence-electron chi connectivity index (χ4n) is 3.89. The first-order valence-electron chi connectivity index (χ1n) is 12.2. The molecule has 0 aliphatic rings. The van der Waals surface area contributed by atoms with Gasteiger partial charge in [-0.1, -0.05) is 111 Å². The van der Waals surface area contributed by atoms with Crippen LogP contribution in [0, 0.1) is 0 Å². The van der Waals surface area contributed by atoms with Crippen molar-refractivity contribution in [2.24, 2.45) is 0 Å². The average Bonchev–Trinajstić information content (AvgIpc) is 2.66. The van der Waals surface area contributed by atoms with Gasteiger partial charge in [0.25, 0.3) is 0 Å². The monoisotopic (exact) mass is 399 g/mol. The third-order valence-corrected chi connectivity index (χ3v) is 5.64. The van der Waals surface area contributed by atoms with E-state index in [4.69, 9.17) is 4.74 Å². The Balaban J connectivity index is 3.70. The van der Waals surface area contributed by atoms with Crippen LogP contribution in [0.25, 0.3) is 0 Å². The lowest BCUT2D eigenvalue weighted by molar-refractivity contribution is -0.171. The van der Waals surface area contributed by atoms with Crippen molar-refractivity contribution in [1.29, 1.82) is 0 Å². The van der Waals surface area contributed by atoms with Crippen LogP contribution in [0.5, 0.6) is 0 Å². The summed E-state index contributed by atoms with van der Waals surface area (Å²) in [4.78, 5) is 14.4. The van der Waals surface area contributed by atoms with Crippen molar-refractivity contribution in [3.8, 4) is 0 Å². The van der Waals surface area contributed by atoms with Crippen LogP contribution in [0.1, 0.15) is 124 Å². The van der Waals surface area contributed by atoms with Crippen molar-refractivity contribution in [1.82, 2.24) is 4.90 Å². The fraction of sp³-hybridized carbons (Fsp3) is 0.958. The Labute approximate surface area is 175 Å². The number of ether oxygens (including phenoxy) is 1. The number of carbonyl (C=O) groups is 1. The van der Waals surface area contributed by atoms with E-state index in [2.05, 4.69) is 25.7 Å². The van der Waals surface area contributed by atoms with Gasteiger partial charge in [0.15, 0.2) is 6.29 Å². The lowest BCUT2D eigenvalue weighted by Gasteiger charge is -2.28. The third kappa shape index (κ3) is 15.3. The summed E-state index contributed by atoms with van der Waals surface area (Å²) < 4.78 is 5.04. The summed E-state index contributed by atoms with van der Waals surface area (Å²) in [6.07, 6.45) is 18.5. The minimum atomic E-state index is -1.03. The van der Waals surface area contributed by atoms with Gasteiger partial charge in [0.05, 0.1) is 0 Å². The highest BCUT2D eigenvalue weighted by Gasteiger charge is 2.25. The van der Waals surface area contributed by atoms with Gasteiger partial charge < -0.3 is 9.84 Å². The summed E-state index contributed by atoms with van der Waals surface area (Å²) in [5.41, 5.74) is 0. The van der Waals surface area contributed by atoms with Crippen molar-refractivity contribution >= 4 is 5.97 Å². The van der Waals surface area contributed by atoms with Crippen molar-refractivity contribution in [2.75, 3.05) is 13.1 Å². The number of unbranched alkanes of at least 4 members (excludes halogenated alkanes) is 13. The van der Waals surface area contributed by atoms with E-state index in [9.17, 15) is 9.90 Å². The van der Waals surface area contributed by atoms with Crippen molar-refractivity contribution in [3.05, 3.63) is 0 Å². The number of aliphatic hydroxyl groups excluding tert-OH is 1. The summed E-state index contributed by atoms with van der Waals surface area (Å²) >= 11 is 0. The third-order valence-electron chi connectivity index (χ3n) is 5.64. The number of hydrogen-bond acceptors (Lipinski definition) is 4. The summed E-state index contributed by atoms with van der Waals surface area (Å²) in [5.74, 6) is -0.284. The smallest absolute Gasteiger partial charge is 0.325 e. The van der Waals surface area contributed by atoms with Crippen LogP contribution in [-0.2, 0) is 9.53 Å². The van der Waals surface area contributed by atoms with E-state index in [0.29, 0.717) is 0 Å². The molecule has 0 aromatic rings. The molecule has 2 unspecified atom stereocenters. The SMILES string of the molecule is CCCCCCCCCCCCCCCCC(C(=O)OC(C)O)N(CC)CC. The molecular weight excluding hydrogens is 350 g/mol. The quantitative estimate of drug-likeness (QED) is 0.145. The van der Waals surface area contributed by atoms with E-state index in [1.54, 1.807) is 0 Å². The minimum absolute atomic E-state index is 0.220. The predicted molar refractivity (Wildman–Crippen MR) is 119 cm³/mol. The Morgan fingerprint density at radius 1 is 0.750 bits per heavy atom. The molecule has 1 N–H and O–H groups in total. The molecule has 28 heavy (non-hydrogen) atoms. The molecule has 0 rings (SSSR count). The highest BCUT2D eigenvalue weighted by atomic mass is 16.6. The van der Waals surface area contributed by atoms with Gasteiger partial charge in [0.2, 0.25) is 0 Å². The first-order chi connectivity index (χ1) is 13.6. The van der Waals surface area contributed by atoms with Crippen LogP contribution < -0.4 is 0 Å². The Morgan fingerprint density at radius 2 is 1.14 bits per heavy atom. The van der Waals surface area contributed by atoms with Gasteiger partial charge in [-0.05, 0) is 26.4 Å². The number of esters is 1. The van der Waals surface area contributed by atoms with Gasteiger partial charge in [-0.2, -0.15) is 0 Å². The van der Waals surface area contributed by atoms with Crippen molar-refractivity contribution in [3.63, 3.8) is 0 Å². The van der Waals surface area contributed by atoms with Crippen LogP contribution in [0.15, 0.2) is 0 Å². The predicted octanol–water partition coefficient (Wildman–Crippen LogP) is 6.45. The second-order valence-electron chi connectivity index (χ2n) is 8.16. The molecule has 0 aliphatic carbocycles. The van der Waals surface area contributed by atoms with E-state index in [0.717, 1.165) is 25.9 Å². The van der Waals surface area contributed by atoms with Gasteiger partial charge in [-0.25, -0.2) is 0 Å². The average molecular weight is 400 g/mol. The standard InChI is InChI=1S/C24H49NO3/c1-5-8-9-10-11-12-13-14-15-16-17-18-19-20-21-23(25(6-2)7-3)24(27)28-22(4)26/h22-23,26H,5-21H2,1-4H3. The summed E-state index contributed by atoms with van der Waals surface area (Å²) in [7, 11) is 0. The first kappa shape index (κ1) is 27.4. The molecule has 0 saturated carbocycles. The van der Waals surface area contributed by atoms with Gasteiger partial charge in [-0.15, -0.1) is 0 Å². The van der Waals surface area contributed by atoms with Crippen molar-refractivity contribution < 1.29 is 14.6 Å². The molecule has 0 spiro atoms. The van der Waals surface area contributed by atoms with E-state index < -0.39 is 6.29 Å². The normalized spacial score (nSPS) is 13.6. The Morgan fingerprint density at radius 3 is 1.50 bits per heavy atom. The minimum Gasteiger partial charge on any atom is -0.435 e. The molecule has 2 atom stereocenters. The second-order valence-corrected chi connectivity index (χ2v) is 8.16. The zero-order chi connectivity index (χ0) is 21.0. The molecule has 4 nitrogen and oxygen atoms in total. The van der Waals surface area contributed by atoms with Crippen LogP contribution in [0.3, 0.4) is 0 Å². The molecule has 4 heteroatoms. The second kappa shape index (κ2) is 19.7. The number of likely N-dealkylation sites (N-methyl/N-ethyl adjacent to an activating group) is 1. The van der Waals surface area contributed by atoms with Gasteiger partial charge in [0, 0.05) is 0 Å². The van der Waals surface area contributed by atoms with E-state index >= 15 is 0 Å². The van der Waals surface area contributed by atoms with Gasteiger partial charge >= 0.3 is 5.97 Å². The number of aliphatic hydroxyl groups is 1. The topological polar surface area (TPSA) is 49.8 Å². The largest absolute Gasteiger partial charge is 0.435 e. The van der Waals surface area contributed by atoms with E-state index in [1.807, 2.05) is 0 Å². The molecule has 168 valence electrons. The fourth-order valence-corrected chi connectivity index (χ4v) is 3.89. The van der Waals surface area contributed by atoms with Crippen LogP contribution >= 0.6 is 0 Å². The number of hydrogen-bond donors (Lipinski definition) is 1. The first-order valence-corrected chi connectivity index (χ1v) is 12.2. The Kier molecular flexibility index (Phi) is 19.3. The molecule has 0 aromatic carbocycles. The van der Waals surface area contributed by atoms with Gasteiger partial charge in [-0.3, -0.25) is 9.69 Å². The molecule has 0 aliphatic heterocycles. The molecule has 0 fully saturated rings. The maximum Gasteiger partial charge on any atom is 0.325 e. The number of carbonyl (C=O) groups excluding carboxylic acids is 1. The van der Waals surface area contributed by atoms with E-state index in [-0.39, 0.29) is 12.0 Å². The van der Waals surface area contributed by atoms with Crippen LogP contribution in [0.4, 0.5) is 0 Å².